The summed E-state index contributed by atoms with van der Waals surface area (Å²) in [6.45, 7) is 10.3. The monoisotopic (exact) mass is 516 g/mol. The largest absolute Gasteiger partial charge is 0.490 e. The number of hydrogen-bond acceptors (Lipinski definition) is 8. The lowest BCUT2D eigenvalue weighted by Crippen LogP contribution is -2.20. The molecular formula is C26H32N2O7S. The summed E-state index contributed by atoms with van der Waals surface area (Å²) in [7, 11) is 1.34. The zero-order valence-corrected chi connectivity index (χ0v) is 22.1. The Labute approximate surface area is 214 Å². The van der Waals surface area contributed by atoms with Gasteiger partial charge in [-0.2, -0.15) is 4.99 Å². The van der Waals surface area contributed by atoms with Gasteiger partial charge >= 0.3 is 5.97 Å². The van der Waals surface area contributed by atoms with Crippen LogP contribution in [0.3, 0.4) is 0 Å². The van der Waals surface area contributed by atoms with Gasteiger partial charge in [0.2, 0.25) is 5.75 Å². The topological polar surface area (TPSA) is 97.6 Å². The number of rotatable bonds is 12. The minimum atomic E-state index is -0.454. The minimum absolute atomic E-state index is 0.314. The van der Waals surface area contributed by atoms with Crippen LogP contribution in [0.4, 0.5) is 0 Å². The van der Waals surface area contributed by atoms with Gasteiger partial charge < -0.3 is 28.3 Å². The zero-order valence-electron chi connectivity index (χ0n) is 21.3. The number of esters is 1. The van der Waals surface area contributed by atoms with Crippen LogP contribution in [0.1, 0.15) is 48.4 Å². The zero-order chi connectivity index (χ0) is 26.1. The number of fused-ring (bicyclic) bond motifs is 1. The molecule has 3 rings (SSSR count). The lowest BCUT2D eigenvalue weighted by atomic mass is 10.1. The number of carbonyl (C=O) groups excluding carboxylic acids is 2. The summed E-state index contributed by atoms with van der Waals surface area (Å²) in [6.07, 6.45) is 0. The number of benzene rings is 2. The number of thiazole rings is 1. The van der Waals surface area contributed by atoms with Gasteiger partial charge in [0.1, 0.15) is 0 Å². The highest BCUT2D eigenvalue weighted by atomic mass is 32.1. The average Bonchev–Trinajstić information content (AvgIpc) is 3.21. The fourth-order valence-corrected chi connectivity index (χ4v) is 4.68. The molecule has 1 aromatic heterocycles. The van der Waals surface area contributed by atoms with E-state index >= 15 is 0 Å². The van der Waals surface area contributed by atoms with Crippen molar-refractivity contribution in [3.8, 4) is 17.2 Å². The molecule has 36 heavy (non-hydrogen) atoms. The van der Waals surface area contributed by atoms with Crippen LogP contribution in [0.25, 0.3) is 10.2 Å². The quantitative estimate of drug-likeness (QED) is 0.259. The standard InChI is InChI=1S/C26H32N2O7S/c1-6-32-13-12-28-19-11-10-17(25(30)31-5)16-22(19)36-26(28)27-24(29)18-14-20(33-7-2)23(35-9-4)21(15-18)34-8-3/h10-11,14-16H,6-9,12-13H2,1-5H3. The van der Waals surface area contributed by atoms with E-state index in [9.17, 15) is 9.59 Å². The van der Waals surface area contributed by atoms with E-state index in [-0.39, 0.29) is 0 Å². The maximum atomic E-state index is 13.3. The van der Waals surface area contributed by atoms with Crippen molar-refractivity contribution in [2.24, 2.45) is 4.99 Å². The van der Waals surface area contributed by atoms with E-state index in [2.05, 4.69) is 4.99 Å². The van der Waals surface area contributed by atoms with Crippen molar-refractivity contribution in [2.45, 2.75) is 34.2 Å². The normalized spacial score (nSPS) is 11.5. The van der Waals surface area contributed by atoms with Gasteiger partial charge in [-0.15, -0.1) is 0 Å². The Bertz CT molecular complexity index is 1250. The molecule has 0 atom stereocenters. The van der Waals surface area contributed by atoms with Crippen LogP contribution in [-0.2, 0) is 16.0 Å². The second kappa shape index (κ2) is 13.1. The Balaban J connectivity index is 2.12. The number of aromatic nitrogens is 1. The Morgan fingerprint density at radius 1 is 0.889 bits per heavy atom. The fraction of sp³-hybridized carbons (Fsp3) is 0.423. The molecule has 0 fully saturated rings. The van der Waals surface area contributed by atoms with Crippen molar-refractivity contribution >= 4 is 33.4 Å². The van der Waals surface area contributed by atoms with Crippen molar-refractivity contribution in [2.75, 3.05) is 40.1 Å². The van der Waals surface area contributed by atoms with Gasteiger partial charge in [0, 0.05) is 18.7 Å². The Kier molecular flexibility index (Phi) is 9.89. The maximum absolute atomic E-state index is 13.3. The third-order valence-electron chi connectivity index (χ3n) is 5.12. The van der Waals surface area contributed by atoms with Gasteiger partial charge in [0.25, 0.3) is 5.91 Å². The first-order chi connectivity index (χ1) is 17.5. The molecule has 194 valence electrons. The van der Waals surface area contributed by atoms with E-state index in [4.69, 9.17) is 23.7 Å². The number of nitrogens with zero attached hydrogens (tertiary/aromatic N) is 2. The molecule has 0 aliphatic heterocycles. The molecule has 9 nitrogen and oxygen atoms in total. The van der Waals surface area contributed by atoms with Crippen LogP contribution in [-0.4, -0.2) is 56.6 Å². The lowest BCUT2D eigenvalue weighted by Gasteiger charge is -2.16. The molecule has 0 N–H and O–H groups in total. The lowest BCUT2D eigenvalue weighted by molar-refractivity contribution is 0.0600. The molecule has 1 heterocycles. The van der Waals surface area contributed by atoms with Crippen molar-refractivity contribution in [1.82, 2.24) is 4.57 Å². The van der Waals surface area contributed by atoms with Crippen LogP contribution in [0.5, 0.6) is 17.2 Å². The second-order valence-corrected chi connectivity index (χ2v) is 8.43. The van der Waals surface area contributed by atoms with Crippen LogP contribution < -0.4 is 19.0 Å². The summed E-state index contributed by atoms with van der Waals surface area (Å²) < 4.78 is 30.3. The Hall–Kier alpha value is -3.37. The molecule has 0 radical (unpaired) electrons. The van der Waals surface area contributed by atoms with Crippen LogP contribution in [0.15, 0.2) is 35.3 Å². The maximum Gasteiger partial charge on any atom is 0.337 e. The summed E-state index contributed by atoms with van der Waals surface area (Å²) in [5, 5.41) is 0. The molecule has 0 saturated carbocycles. The summed E-state index contributed by atoms with van der Waals surface area (Å²) in [4.78, 5) is 30.3. The van der Waals surface area contributed by atoms with Gasteiger partial charge in [0.15, 0.2) is 16.3 Å². The fourth-order valence-electron chi connectivity index (χ4n) is 3.58. The third kappa shape index (κ3) is 6.24. The molecule has 0 unspecified atom stereocenters. The number of hydrogen-bond donors (Lipinski definition) is 0. The predicted octanol–water partition coefficient (Wildman–Crippen LogP) is 4.46. The van der Waals surface area contributed by atoms with E-state index < -0.39 is 11.9 Å². The molecule has 0 saturated heterocycles. The van der Waals surface area contributed by atoms with Crippen LogP contribution in [0.2, 0.25) is 0 Å². The number of methoxy groups -OCH3 is 1. The van der Waals surface area contributed by atoms with Gasteiger partial charge in [0.05, 0.1) is 49.3 Å². The molecule has 0 bridgehead atoms. The van der Waals surface area contributed by atoms with Crippen LogP contribution in [0, 0.1) is 0 Å². The molecule has 0 aliphatic rings. The highest BCUT2D eigenvalue weighted by Gasteiger charge is 2.19. The smallest absolute Gasteiger partial charge is 0.337 e. The van der Waals surface area contributed by atoms with E-state index in [1.165, 1.54) is 18.4 Å². The van der Waals surface area contributed by atoms with Crippen molar-refractivity contribution in [3.63, 3.8) is 0 Å². The van der Waals surface area contributed by atoms with E-state index in [0.717, 1.165) is 10.2 Å². The molecular weight excluding hydrogens is 484 g/mol. The highest BCUT2D eigenvalue weighted by molar-refractivity contribution is 7.16. The summed E-state index contributed by atoms with van der Waals surface area (Å²) in [5.41, 5.74) is 1.58. The second-order valence-electron chi connectivity index (χ2n) is 7.42. The molecule has 3 aromatic rings. The van der Waals surface area contributed by atoms with Crippen molar-refractivity contribution < 1.29 is 33.3 Å². The SMILES string of the molecule is CCOCCn1c(=NC(=O)c2cc(OCC)c(OCC)c(OCC)c2)sc2cc(C(=O)OC)ccc21. The third-order valence-corrected chi connectivity index (χ3v) is 6.16. The van der Waals surface area contributed by atoms with Gasteiger partial charge in [-0.3, -0.25) is 4.79 Å². The first-order valence-electron chi connectivity index (χ1n) is 11.9. The predicted molar refractivity (Wildman–Crippen MR) is 137 cm³/mol. The van der Waals surface area contributed by atoms with Crippen molar-refractivity contribution in [3.05, 3.63) is 46.3 Å². The molecule has 0 aliphatic carbocycles. The first kappa shape index (κ1) is 27.2. The van der Waals surface area contributed by atoms with E-state index in [1.807, 2.05) is 38.3 Å². The summed E-state index contributed by atoms with van der Waals surface area (Å²) in [6, 6.07) is 8.50. The molecule has 0 spiro atoms. The number of ether oxygens (including phenoxy) is 5. The number of amides is 1. The van der Waals surface area contributed by atoms with Gasteiger partial charge in [-0.1, -0.05) is 11.3 Å². The van der Waals surface area contributed by atoms with E-state index in [1.54, 1.807) is 24.3 Å². The van der Waals surface area contributed by atoms with Gasteiger partial charge in [-0.05, 0) is 58.0 Å². The highest BCUT2D eigenvalue weighted by Crippen LogP contribution is 2.39. The summed E-state index contributed by atoms with van der Waals surface area (Å²) in [5.74, 6) is 0.424. The van der Waals surface area contributed by atoms with Gasteiger partial charge in [-0.25, -0.2) is 4.79 Å². The Morgan fingerprint density at radius 3 is 2.14 bits per heavy atom. The molecule has 2 aromatic carbocycles. The van der Waals surface area contributed by atoms with E-state index in [0.29, 0.717) is 72.8 Å². The first-order valence-corrected chi connectivity index (χ1v) is 12.7. The average molecular weight is 517 g/mol. The Morgan fingerprint density at radius 2 is 1.56 bits per heavy atom. The summed E-state index contributed by atoms with van der Waals surface area (Å²) >= 11 is 1.31. The minimum Gasteiger partial charge on any atom is -0.490 e. The van der Waals surface area contributed by atoms with Crippen molar-refractivity contribution in [1.29, 1.82) is 0 Å². The molecule has 1 amide bonds. The molecule has 10 heteroatoms. The number of carbonyl (C=O) groups is 2. The van der Waals surface area contributed by atoms with Crippen LogP contribution >= 0.6 is 11.3 Å².